The van der Waals surface area contributed by atoms with Gasteiger partial charge >= 0.3 is 5.97 Å². The van der Waals surface area contributed by atoms with Crippen LogP contribution < -0.4 is 16.8 Å². The SMILES string of the molecule is NC(=NC(=O)CC[C@H](CC(=O)[C@H](N)CO)C(=O)O)NC(=O)Cc1c(Cl)cccc1Cl. The molecule has 12 heteroatoms. The molecule has 0 saturated carbocycles. The molecule has 30 heavy (non-hydrogen) atoms. The maximum atomic E-state index is 12.0. The fourth-order valence-corrected chi connectivity index (χ4v) is 2.90. The number of carbonyl (C=O) groups excluding carboxylic acids is 3. The molecule has 0 aromatic heterocycles. The van der Waals surface area contributed by atoms with E-state index in [2.05, 4.69) is 10.3 Å². The summed E-state index contributed by atoms with van der Waals surface area (Å²) in [6, 6.07) is 3.57. The number of hydrogen-bond acceptors (Lipinski definition) is 6. The molecule has 0 bridgehead atoms. The first-order valence-electron chi connectivity index (χ1n) is 8.76. The average Bonchev–Trinajstić information content (AvgIpc) is 2.66. The third-order valence-electron chi connectivity index (χ3n) is 4.03. The summed E-state index contributed by atoms with van der Waals surface area (Å²) in [6.45, 7) is -0.607. The number of Topliss-reactive ketones (excluding diaryl/α,β-unsaturated/α-hetero) is 1. The standard InChI is InChI=1S/C18H22Cl2N4O6/c19-11-2-1-3-12(20)10(11)7-16(28)24-18(22)23-15(27)5-4-9(17(29)30)6-14(26)13(21)8-25/h1-3,9,13,25H,4-8,21H2,(H,29,30)(H3,22,23,24,27,28)/t9-,13-/m1/s1. The van der Waals surface area contributed by atoms with E-state index in [9.17, 15) is 19.2 Å². The Morgan fingerprint density at radius 3 is 2.30 bits per heavy atom. The van der Waals surface area contributed by atoms with Gasteiger partial charge < -0.3 is 21.7 Å². The number of aliphatic carboxylic acids is 1. The van der Waals surface area contributed by atoms with Crippen LogP contribution in [-0.2, 0) is 25.6 Å². The molecule has 10 nitrogen and oxygen atoms in total. The van der Waals surface area contributed by atoms with E-state index in [1.807, 2.05) is 0 Å². The molecule has 7 N–H and O–H groups in total. The molecule has 0 aliphatic rings. The Bertz CT molecular complexity index is 826. The summed E-state index contributed by atoms with van der Waals surface area (Å²) >= 11 is 12.0. The number of aliphatic imine (C=N–C) groups is 1. The molecule has 2 atom stereocenters. The van der Waals surface area contributed by atoms with Gasteiger partial charge in [-0.05, 0) is 24.1 Å². The Labute approximate surface area is 182 Å². The largest absolute Gasteiger partial charge is 0.481 e. The average molecular weight is 461 g/mol. The number of carbonyl (C=O) groups is 4. The van der Waals surface area contributed by atoms with Crippen molar-refractivity contribution < 1.29 is 29.4 Å². The maximum Gasteiger partial charge on any atom is 0.306 e. The highest BCUT2D eigenvalue weighted by molar-refractivity contribution is 6.36. The highest BCUT2D eigenvalue weighted by Crippen LogP contribution is 2.24. The zero-order chi connectivity index (χ0) is 22.8. The number of amides is 2. The van der Waals surface area contributed by atoms with Crippen molar-refractivity contribution >= 4 is 52.7 Å². The van der Waals surface area contributed by atoms with Crippen LogP contribution in [0.3, 0.4) is 0 Å². The number of nitrogens with two attached hydrogens (primary N) is 2. The summed E-state index contributed by atoms with van der Waals surface area (Å²) in [5, 5.41) is 20.8. The zero-order valence-electron chi connectivity index (χ0n) is 15.8. The number of aliphatic hydroxyl groups excluding tert-OH is 1. The second-order valence-corrected chi connectivity index (χ2v) is 7.16. The molecule has 0 aliphatic heterocycles. The van der Waals surface area contributed by atoms with E-state index < -0.39 is 54.5 Å². The van der Waals surface area contributed by atoms with Crippen LogP contribution in [0.5, 0.6) is 0 Å². The van der Waals surface area contributed by atoms with Crippen molar-refractivity contribution in [2.75, 3.05) is 6.61 Å². The van der Waals surface area contributed by atoms with Gasteiger partial charge in [0, 0.05) is 22.9 Å². The smallest absolute Gasteiger partial charge is 0.306 e. The number of carboxylic acids is 1. The van der Waals surface area contributed by atoms with Crippen LogP contribution in [0.4, 0.5) is 0 Å². The summed E-state index contributed by atoms with van der Waals surface area (Å²) in [5.74, 6) is -4.96. The molecule has 1 aromatic rings. The molecule has 164 valence electrons. The molecule has 0 heterocycles. The van der Waals surface area contributed by atoms with Gasteiger partial charge in [0.2, 0.25) is 17.8 Å². The van der Waals surface area contributed by atoms with Crippen LogP contribution in [0.25, 0.3) is 0 Å². The minimum absolute atomic E-state index is 0.196. The number of ketones is 1. The van der Waals surface area contributed by atoms with Crippen molar-refractivity contribution in [3.05, 3.63) is 33.8 Å². The van der Waals surface area contributed by atoms with Gasteiger partial charge in [0.25, 0.3) is 0 Å². The van der Waals surface area contributed by atoms with E-state index in [1.54, 1.807) is 18.2 Å². The summed E-state index contributed by atoms with van der Waals surface area (Å²) in [7, 11) is 0. The number of hydrogen-bond donors (Lipinski definition) is 5. The Balaban J connectivity index is 2.61. The second-order valence-electron chi connectivity index (χ2n) is 6.35. The lowest BCUT2D eigenvalue weighted by Gasteiger charge is -2.13. The Morgan fingerprint density at radius 1 is 1.17 bits per heavy atom. The summed E-state index contributed by atoms with van der Waals surface area (Å²) < 4.78 is 0. The van der Waals surface area contributed by atoms with E-state index in [0.29, 0.717) is 15.6 Å². The molecule has 0 unspecified atom stereocenters. The van der Waals surface area contributed by atoms with Crippen LogP contribution >= 0.6 is 23.2 Å². The topological polar surface area (TPSA) is 185 Å². The predicted octanol–water partition coefficient (Wildman–Crippen LogP) is 0.253. The molecule has 2 amide bonds. The lowest BCUT2D eigenvalue weighted by Crippen LogP contribution is -2.38. The van der Waals surface area contributed by atoms with Gasteiger partial charge in [0.15, 0.2) is 5.78 Å². The minimum Gasteiger partial charge on any atom is -0.481 e. The number of nitrogens with zero attached hydrogens (tertiary/aromatic N) is 1. The van der Waals surface area contributed by atoms with Gasteiger partial charge in [0.1, 0.15) is 0 Å². The summed E-state index contributed by atoms with van der Waals surface area (Å²) in [5.41, 5.74) is 11.3. The Morgan fingerprint density at radius 2 is 1.77 bits per heavy atom. The lowest BCUT2D eigenvalue weighted by molar-refractivity contribution is -0.144. The van der Waals surface area contributed by atoms with Gasteiger partial charge in [-0.15, -0.1) is 0 Å². The fourth-order valence-electron chi connectivity index (χ4n) is 2.37. The van der Waals surface area contributed by atoms with Gasteiger partial charge in [-0.1, -0.05) is 29.3 Å². The van der Waals surface area contributed by atoms with E-state index in [4.69, 9.17) is 44.9 Å². The zero-order valence-corrected chi connectivity index (χ0v) is 17.3. The monoisotopic (exact) mass is 460 g/mol. The first-order valence-corrected chi connectivity index (χ1v) is 9.52. The molecule has 0 aliphatic carbocycles. The van der Waals surface area contributed by atoms with Crippen molar-refractivity contribution in [2.24, 2.45) is 22.4 Å². The Kier molecular flexibility index (Phi) is 10.4. The number of carboxylic acid groups (broad SMARTS) is 1. The van der Waals surface area contributed by atoms with Crippen molar-refractivity contribution in [1.82, 2.24) is 5.32 Å². The van der Waals surface area contributed by atoms with Crippen molar-refractivity contribution in [3.63, 3.8) is 0 Å². The van der Waals surface area contributed by atoms with Crippen molar-refractivity contribution in [2.45, 2.75) is 31.7 Å². The third-order valence-corrected chi connectivity index (χ3v) is 4.73. The van der Waals surface area contributed by atoms with E-state index in [0.717, 1.165) is 0 Å². The highest BCUT2D eigenvalue weighted by atomic mass is 35.5. The van der Waals surface area contributed by atoms with Crippen LogP contribution in [0.2, 0.25) is 10.0 Å². The van der Waals surface area contributed by atoms with Crippen LogP contribution in [0, 0.1) is 5.92 Å². The van der Waals surface area contributed by atoms with Crippen molar-refractivity contribution in [3.8, 4) is 0 Å². The minimum atomic E-state index is -1.29. The number of halogens is 2. The fraction of sp³-hybridized carbons (Fsp3) is 0.389. The highest BCUT2D eigenvalue weighted by Gasteiger charge is 2.25. The number of nitrogens with one attached hydrogen (secondary N) is 1. The molecular weight excluding hydrogens is 439 g/mol. The third kappa shape index (κ3) is 8.46. The molecule has 0 fully saturated rings. The van der Waals surface area contributed by atoms with Gasteiger partial charge in [0.05, 0.1) is 25.0 Å². The molecular formula is C18H22Cl2N4O6. The van der Waals surface area contributed by atoms with Crippen molar-refractivity contribution in [1.29, 1.82) is 0 Å². The van der Waals surface area contributed by atoms with E-state index in [-0.39, 0.29) is 19.3 Å². The first kappa shape index (κ1) is 25.5. The first-order chi connectivity index (χ1) is 14.0. The van der Waals surface area contributed by atoms with Crippen LogP contribution in [0.1, 0.15) is 24.8 Å². The lowest BCUT2D eigenvalue weighted by atomic mass is 9.94. The quantitative estimate of drug-likeness (QED) is 0.242. The summed E-state index contributed by atoms with van der Waals surface area (Å²) in [4.78, 5) is 50.3. The van der Waals surface area contributed by atoms with Crippen LogP contribution in [-0.4, -0.2) is 52.4 Å². The number of guanidine groups is 1. The van der Waals surface area contributed by atoms with Gasteiger partial charge in [-0.3, -0.25) is 24.5 Å². The number of rotatable bonds is 10. The van der Waals surface area contributed by atoms with Crippen LogP contribution in [0.15, 0.2) is 23.2 Å². The molecule has 1 aromatic carbocycles. The molecule has 1 rings (SSSR count). The molecule has 0 saturated heterocycles. The molecule has 0 radical (unpaired) electrons. The normalized spacial score (nSPS) is 13.4. The number of benzene rings is 1. The number of aliphatic hydroxyl groups is 1. The second kappa shape index (κ2) is 12.2. The Hall–Kier alpha value is -2.53. The maximum absolute atomic E-state index is 12.0. The molecule has 0 spiro atoms. The predicted molar refractivity (Wildman–Crippen MR) is 110 cm³/mol. The van der Waals surface area contributed by atoms with E-state index in [1.165, 1.54) is 0 Å². The van der Waals surface area contributed by atoms with Gasteiger partial charge in [-0.25, -0.2) is 0 Å². The van der Waals surface area contributed by atoms with E-state index >= 15 is 0 Å². The summed E-state index contributed by atoms with van der Waals surface area (Å²) in [6.07, 6.45) is -1.15. The van der Waals surface area contributed by atoms with Gasteiger partial charge in [-0.2, -0.15) is 4.99 Å².